The summed E-state index contributed by atoms with van der Waals surface area (Å²) in [5.74, 6) is -1.34. The molecule has 228 valence electrons. The van der Waals surface area contributed by atoms with Crippen LogP contribution in [0.15, 0.2) is 18.2 Å². The van der Waals surface area contributed by atoms with Crippen LogP contribution in [0.5, 0.6) is 5.75 Å². The second-order valence-corrected chi connectivity index (χ2v) is 12.1. The predicted molar refractivity (Wildman–Crippen MR) is 141 cm³/mol. The van der Waals surface area contributed by atoms with Crippen molar-refractivity contribution in [1.82, 2.24) is 21.3 Å². The lowest BCUT2D eigenvalue weighted by Gasteiger charge is -2.52. The zero-order chi connectivity index (χ0) is 29.1. The molecule has 0 aromatic heterocycles. The fourth-order valence-corrected chi connectivity index (χ4v) is 7.15. The van der Waals surface area contributed by atoms with Gasteiger partial charge >= 0.3 is 0 Å². The number of halogens is 5. The zero-order valence-corrected chi connectivity index (χ0v) is 23.0. The maximum atomic E-state index is 14.3. The zero-order valence-electron chi connectivity index (χ0n) is 23.0. The van der Waals surface area contributed by atoms with E-state index in [0.717, 1.165) is 63.5 Å². The van der Waals surface area contributed by atoms with E-state index in [1.54, 1.807) is 0 Å². The molecule has 4 N–H and O–H groups in total. The average Bonchev–Trinajstić information content (AvgIpc) is 3.21. The largest absolute Gasteiger partial charge is 0.484 e. The molecule has 12 heteroatoms. The van der Waals surface area contributed by atoms with Crippen LogP contribution in [-0.4, -0.2) is 61.6 Å². The van der Waals surface area contributed by atoms with Crippen LogP contribution >= 0.6 is 0 Å². The van der Waals surface area contributed by atoms with Gasteiger partial charge in [-0.1, -0.05) is 25.7 Å². The minimum Gasteiger partial charge on any atom is -0.484 e. The number of carbonyl (C=O) groups excluding carboxylic acids is 2. The van der Waals surface area contributed by atoms with Crippen molar-refractivity contribution in [2.45, 2.75) is 94.3 Å². The Hall–Kier alpha value is -2.47. The van der Waals surface area contributed by atoms with Gasteiger partial charge in [-0.25, -0.2) is 22.0 Å². The summed E-state index contributed by atoms with van der Waals surface area (Å²) in [6, 6.07) is 1.99. The third-order valence-corrected chi connectivity index (χ3v) is 9.67. The molecule has 7 nitrogen and oxygen atoms in total. The number of hydrogen-bond donors (Lipinski definition) is 4. The Balaban J connectivity index is 1.10. The van der Waals surface area contributed by atoms with Gasteiger partial charge in [-0.05, 0) is 62.0 Å². The quantitative estimate of drug-likeness (QED) is 0.259. The normalized spacial score (nSPS) is 32.2. The first kappa shape index (κ1) is 30.0. The smallest absolute Gasteiger partial charge is 0.266 e. The van der Waals surface area contributed by atoms with Crippen molar-refractivity contribution < 1.29 is 36.3 Å². The van der Waals surface area contributed by atoms with E-state index in [0.29, 0.717) is 12.3 Å². The lowest BCUT2D eigenvalue weighted by Crippen LogP contribution is -2.72. The first-order chi connectivity index (χ1) is 19.7. The van der Waals surface area contributed by atoms with Gasteiger partial charge in [0, 0.05) is 31.2 Å². The molecule has 6 rings (SSSR count). The summed E-state index contributed by atoms with van der Waals surface area (Å²) in [5.41, 5.74) is -2.05. The predicted octanol–water partition coefficient (Wildman–Crippen LogP) is 4.08. The molecule has 0 radical (unpaired) electrons. The molecule has 1 aliphatic heterocycles. The second-order valence-electron chi connectivity index (χ2n) is 12.1. The van der Waals surface area contributed by atoms with Gasteiger partial charge < -0.3 is 26.0 Å². The molecule has 4 saturated carbocycles. The highest BCUT2D eigenvalue weighted by molar-refractivity contribution is 5.82. The van der Waals surface area contributed by atoms with Crippen molar-refractivity contribution in [3.63, 3.8) is 0 Å². The SMILES string of the molecule is O=C(COc1ccc(C(F)F)c(F)c1)NC1CC(NC(=O)C2CNC(C(F)F)(C3CCCCCC3)CN2)C2CC1C2. The van der Waals surface area contributed by atoms with Crippen molar-refractivity contribution >= 4 is 11.8 Å². The van der Waals surface area contributed by atoms with Crippen LogP contribution in [0.25, 0.3) is 0 Å². The van der Waals surface area contributed by atoms with Crippen LogP contribution in [0, 0.1) is 23.6 Å². The van der Waals surface area contributed by atoms with Crippen LogP contribution < -0.4 is 26.0 Å². The molecule has 1 aromatic rings. The summed E-state index contributed by atoms with van der Waals surface area (Å²) in [7, 11) is 0. The van der Waals surface area contributed by atoms with Crippen LogP contribution in [0.3, 0.4) is 0 Å². The maximum absolute atomic E-state index is 14.3. The number of piperazine rings is 1. The van der Waals surface area contributed by atoms with Crippen molar-refractivity contribution in [2.75, 3.05) is 19.7 Å². The number of carbonyl (C=O) groups is 2. The molecular weight excluding hydrogens is 547 g/mol. The highest BCUT2D eigenvalue weighted by atomic mass is 19.3. The minimum absolute atomic E-state index is 0.0250. The fraction of sp³-hybridized carbons (Fsp3) is 0.724. The van der Waals surface area contributed by atoms with Crippen molar-refractivity contribution in [1.29, 1.82) is 0 Å². The molecule has 2 amide bonds. The number of ether oxygens (including phenoxy) is 1. The number of alkyl halides is 4. The molecule has 5 fully saturated rings. The Morgan fingerprint density at radius 1 is 0.976 bits per heavy atom. The first-order valence-corrected chi connectivity index (χ1v) is 14.7. The highest BCUT2D eigenvalue weighted by Crippen LogP contribution is 2.46. The number of nitrogens with one attached hydrogen (secondary N) is 4. The van der Waals surface area contributed by atoms with E-state index in [1.807, 2.05) is 0 Å². The van der Waals surface area contributed by atoms with Crippen LogP contribution in [0.4, 0.5) is 22.0 Å². The molecule has 41 heavy (non-hydrogen) atoms. The molecule has 0 spiro atoms. The number of benzene rings is 1. The van der Waals surface area contributed by atoms with Gasteiger partial charge in [-0.2, -0.15) is 0 Å². The molecule has 1 saturated heterocycles. The Labute approximate surface area is 236 Å². The number of rotatable bonds is 9. The molecule has 1 heterocycles. The molecule has 1 aromatic carbocycles. The van der Waals surface area contributed by atoms with Crippen molar-refractivity contribution in [3.8, 4) is 5.75 Å². The maximum Gasteiger partial charge on any atom is 0.266 e. The van der Waals surface area contributed by atoms with Gasteiger partial charge in [0.1, 0.15) is 11.6 Å². The molecule has 4 atom stereocenters. The average molecular weight is 587 g/mol. The molecule has 2 bridgehead atoms. The van der Waals surface area contributed by atoms with E-state index < -0.39 is 48.3 Å². The van der Waals surface area contributed by atoms with Crippen LogP contribution in [-0.2, 0) is 9.59 Å². The fourth-order valence-electron chi connectivity index (χ4n) is 7.15. The van der Waals surface area contributed by atoms with E-state index in [2.05, 4.69) is 21.3 Å². The van der Waals surface area contributed by atoms with Gasteiger partial charge in [0.25, 0.3) is 18.8 Å². The lowest BCUT2D eigenvalue weighted by molar-refractivity contribution is -0.128. The van der Waals surface area contributed by atoms with E-state index in [9.17, 15) is 31.5 Å². The van der Waals surface area contributed by atoms with Crippen molar-refractivity contribution in [2.24, 2.45) is 17.8 Å². The summed E-state index contributed by atoms with van der Waals surface area (Å²) >= 11 is 0. The van der Waals surface area contributed by atoms with E-state index in [-0.39, 0.29) is 48.7 Å². The topological polar surface area (TPSA) is 91.5 Å². The Morgan fingerprint density at radius 2 is 1.66 bits per heavy atom. The summed E-state index contributed by atoms with van der Waals surface area (Å²) in [6.07, 6.45) is 2.34. The first-order valence-electron chi connectivity index (χ1n) is 14.7. The number of hydrogen-bond acceptors (Lipinski definition) is 5. The molecule has 4 unspecified atom stereocenters. The summed E-state index contributed by atoms with van der Waals surface area (Å²) in [4.78, 5) is 25.7. The van der Waals surface area contributed by atoms with E-state index in [1.165, 1.54) is 6.07 Å². The standard InChI is InChI=1S/C29H39F5N4O3/c30-21-11-19(7-8-20(21)26(31)32)41-14-25(39)37-22-12-23(17-9-16(22)10-17)38-27(40)24-13-36-29(15-35-24,28(33)34)18-5-3-1-2-4-6-18/h7-8,11,16-18,22-24,26,28,35-36H,1-6,9-10,12-15H2,(H,37,39)(H,38,40). The Kier molecular flexibility index (Phi) is 9.37. The van der Waals surface area contributed by atoms with Crippen LogP contribution in [0.2, 0.25) is 0 Å². The highest BCUT2D eigenvalue weighted by Gasteiger charge is 2.51. The third kappa shape index (κ3) is 6.63. The number of amides is 2. The van der Waals surface area contributed by atoms with Crippen molar-refractivity contribution in [3.05, 3.63) is 29.6 Å². The second kappa shape index (κ2) is 12.8. The lowest BCUT2D eigenvalue weighted by atomic mass is 9.60. The molecule has 4 aliphatic carbocycles. The van der Waals surface area contributed by atoms with Crippen LogP contribution in [0.1, 0.15) is 69.8 Å². The molecule has 5 aliphatic rings. The van der Waals surface area contributed by atoms with E-state index in [4.69, 9.17) is 4.74 Å². The third-order valence-electron chi connectivity index (χ3n) is 9.67. The minimum atomic E-state index is -2.94. The summed E-state index contributed by atoms with van der Waals surface area (Å²) < 4.78 is 73.2. The summed E-state index contributed by atoms with van der Waals surface area (Å²) in [6.45, 7) is -0.234. The van der Waals surface area contributed by atoms with Gasteiger partial charge in [0.2, 0.25) is 5.91 Å². The Bertz CT molecular complexity index is 1070. The van der Waals surface area contributed by atoms with Gasteiger partial charge in [0.05, 0.1) is 17.1 Å². The van der Waals surface area contributed by atoms with Gasteiger partial charge in [-0.3, -0.25) is 9.59 Å². The number of fused-ring (bicyclic) bond motifs is 2. The Morgan fingerprint density at radius 3 is 2.24 bits per heavy atom. The van der Waals surface area contributed by atoms with E-state index >= 15 is 0 Å². The van der Waals surface area contributed by atoms with Gasteiger partial charge in [0.15, 0.2) is 6.61 Å². The van der Waals surface area contributed by atoms with Gasteiger partial charge in [-0.15, -0.1) is 0 Å². The monoisotopic (exact) mass is 586 g/mol. The summed E-state index contributed by atoms with van der Waals surface area (Å²) in [5, 5.41) is 12.2. The molecular formula is C29H39F5N4O3.